The molecule has 4 rings (SSSR count). The SMILES string of the molecule is C/C=C1\C(=O)C2C(CC[C@]3(C)C(CCCC(=O)OCC)CCC23)[C@@]2(C)CCCCC12. The van der Waals surface area contributed by atoms with Gasteiger partial charge in [0.05, 0.1) is 6.61 Å². The van der Waals surface area contributed by atoms with Gasteiger partial charge in [-0.15, -0.1) is 0 Å². The molecule has 5 unspecified atom stereocenters. The molecule has 4 aliphatic carbocycles. The summed E-state index contributed by atoms with van der Waals surface area (Å²) in [5, 5.41) is 0. The summed E-state index contributed by atoms with van der Waals surface area (Å²) >= 11 is 0. The van der Waals surface area contributed by atoms with Crippen molar-refractivity contribution in [1.29, 1.82) is 0 Å². The number of carbonyl (C=O) groups is 2. The molecule has 0 aromatic rings. The van der Waals surface area contributed by atoms with E-state index in [1.54, 1.807) is 0 Å². The van der Waals surface area contributed by atoms with E-state index >= 15 is 0 Å². The Hall–Kier alpha value is -1.12. The van der Waals surface area contributed by atoms with Crippen molar-refractivity contribution in [2.24, 2.45) is 40.4 Å². The molecule has 0 aliphatic heterocycles. The van der Waals surface area contributed by atoms with E-state index < -0.39 is 0 Å². The Morgan fingerprint density at radius 1 is 1.07 bits per heavy atom. The Balaban J connectivity index is 1.53. The molecule has 0 spiro atoms. The highest BCUT2D eigenvalue weighted by molar-refractivity contribution is 5.99. The maximum atomic E-state index is 13.8. The molecular formula is C27H42O3. The van der Waals surface area contributed by atoms with Crippen LogP contribution < -0.4 is 0 Å². The second-order valence-electron chi connectivity index (χ2n) is 11.2. The molecule has 0 radical (unpaired) electrons. The number of fused-ring (bicyclic) bond motifs is 5. The van der Waals surface area contributed by atoms with E-state index in [1.165, 1.54) is 56.9 Å². The second-order valence-corrected chi connectivity index (χ2v) is 11.2. The number of ketones is 1. The second kappa shape index (κ2) is 8.43. The molecule has 0 heterocycles. The molecule has 30 heavy (non-hydrogen) atoms. The van der Waals surface area contributed by atoms with Crippen molar-refractivity contribution in [3.63, 3.8) is 0 Å². The van der Waals surface area contributed by atoms with Gasteiger partial charge in [0, 0.05) is 12.3 Å². The normalized spacial score (nSPS) is 44.3. The lowest BCUT2D eigenvalue weighted by Crippen LogP contribution is -2.57. The molecule has 0 aromatic heterocycles. The maximum absolute atomic E-state index is 13.8. The van der Waals surface area contributed by atoms with Gasteiger partial charge >= 0.3 is 5.97 Å². The van der Waals surface area contributed by atoms with Crippen molar-refractivity contribution >= 4 is 11.8 Å². The highest BCUT2D eigenvalue weighted by atomic mass is 16.5. The fourth-order valence-electron chi connectivity index (χ4n) is 8.57. The molecule has 4 aliphatic rings. The first-order valence-electron chi connectivity index (χ1n) is 12.7. The van der Waals surface area contributed by atoms with Crippen LogP contribution in [0.25, 0.3) is 0 Å². The number of hydrogen-bond donors (Lipinski definition) is 0. The third kappa shape index (κ3) is 3.39. The number of esters is 1. The van der Waals surface area contributed by atoms with Gasteiger partial charge in [-0.1, -0.05) is 32.8 Å². The Morgan fingerprint density at radius 3 is 2.57 bits per heavy atom. The monoisotopic (exact) mass is 414 g/mol. The lowest BCUT2D eigenvalue weighted by molar-refractivity contribution is -0.146. The van der Waals surface area contributed by atoms with E-state index in [9.17, 15) is 9.59 Å². The molecule has 0 saturated heterocycles. The average molecular weight is 415 g/mol. The number of ether oxygens (including phenoxy) is 1. The topological polar surface area (TPSA) is 43.4 Å². The molecule has 7 atom stereocenters. The third-order valence-electron chi connectivity index (χ3n) is 10.1. The van der Waals surface area contributed by atoms with Crippen molar-refractivity contribution in [2.45, 2.75) is 98.3 Å². The first-order valence-corrected chi connectivity index (χ1v) is 12.7. The summed E-state index contributed by atoms with van der Waals surface area (Å²) in [7, 11) is 0. The Morgan fingerprint density at radius 2 is 1.83 bits per heavy atom. The van der Waals surface area contributed by atoms with Crippen molar-refractivity contribution in [3.8, 4) is 0 Å². The fraction of sp³-hybridized carbons (Fsp3) is 0.852. The maximum Gasteiger partial charge on any atom is 0.305 e. The van der Waals surface area contributed by atoms with Gasteiger partial charge in [-0.3, -0.25) is 9.59 Å². The number of rotatable bonds is 5. The van der Waals surface area contributed by atoms with Gasteiger partial charge in [0.25, 0.3) is 0 Å². The largest absolute Gasteiger partial charge is 0.466 e. The fourth-order valence-corrected chi connectivity index (χ4v) is 8.57. The minimum Gasteiger partial charge on any atom is -0.466 e. The van der Waals surface area contributed by atoms with E-state index in [0.717, 1.165) is 12.8 Å². The quantitative estimate of drug-likeness (QED) is 0.381. The van der Waals surface area contributed by atoms with Crippen molar-refractivity contribution in [3.05, 3.63) is 11.6 Å². The Labute approximate surface area is 183 Å². The van der Waals surface area contributed by atoms with Crippen LogP contribution in [0, 0.1) is 40.4 Å². The number of allylic oxidation sites excluding steroid dienone is 2. The van der Waals surface area contributed by atoms with Crippen LogP contribution in [0.1, 0.15) is 98.3 Å². The number of hydrogen-bond acceptors (Lipinski definition) is 3. The first-order chi connectivity index (χ1) is 14.4. The summed E-state index contributed by atoms with van der Waals surface area (Å²) in [5.41, 5.74) is 1.76. The van der Waals surface area contributed by atoms with Crippen LogP contribution in [-0.4, -0.2) is 18.4 Å². The summed E-state index contributed by atoms with van der Waals surface area (Å²) in [6.07, 6.45) is 14.8. The van der Waals surface area contributed by atoms with Gasteiger partial charge in [-0.25, -0.2) is 0 Å². The van der Waals surface area contributed by atoms with Gasteiger partial charge in [0.1, 0.15) is 0 Å². The zero-order valence-electron chi connectivity index (χ0n) is 19.7. The first kappa shape index (κ1) is 22.1. The summed E-state index contributed by atoms with van der Waals surface area (Å²) < 4.78 is 5.12. The number of carbonyl (C=O) groups excluding carboxylic acids is 2. The zero-order chi connectivity index (χ0) is 21.5. The number of Topliss-reactive ketones (excluding diaryl/α,β-unsaturated/α-hetero) is 1. The molecular weight excluding hydrogens is 372 g/mol. The van der Waals surface area contributed by atoms with E-state index in [4.69, 9.17) is 4.74 Å². The van der Waals surface area contributed by atoms with Gasteiger partial charge in [0.2, 0.25) is 0 Å². The lowest BCUT2D eigenvalue weighted by atomic mass is 9.43. The summed E-state index contributed by atoms with van der Waals surface area (Å²) in [5.74, 6) is 2.95. The highest BCUT2D eigenvalue weighted by Gasteiger charge is 2.63. The predicted octanol–water partition coefficient (Wildman–Crippen LogP) is 6.50. The van der Waals surface area contributed by atoms with E-state index in [0.29, 0.717) is 47.9 Å². The molecule has 0 bridgehead atoms. The Kier molecular flexibility index (Phi) is 6.21. The van der Waals surface area contributed by atoms with E-state index in [-0.39, 0.29) is 17.3 Å². The van der Waals surface area contributed by atoms with Crippen molar-refractivity contribution in [1.82, 2.24) is 0 Å². The summed E-state index contributed by atoms with van der Waals surface area (Å²) in [6, 6.07) is 0. The third-order valence-corrected chi connectivity index (χ3v) is 10.1. The van der Waals surface area contributed by atoms with Gasteiger partial charge in [0.15, 0.2) is 5.78 Å². The molecule has 0 amide bonds. The average Bonchev–Trinajstić information content (AvgIpc) is 3.05. The van der Waals surface area contributed by atoms with Gasteiger partial charge < -0.3 is 4.74 Å². The van der Waals surface area contributed by atoms with E-state index in [2.05, 4.69) is 26.8 Å². The predicted molar refractivity (Wildman–Crippen MR) is 120 cm³/mol. The minimum atomic E-state index is -0.0580. The molecule has 4 fully saturated rings. The van der Waals surface area contributed by atoms with Crippen LogP contribution in [-0.2, 0) is 14.3 Å². The highest BCUT2D eigenvalue weighted by Crippen LogP contribution is 2.67. The van der Waals surface area contributed by atoms with Crippen LogP contribution in [0.5, 0.6) is 0 Å². The van der Waals surface area contributed by atoms with Crippen molar-refractivity contribution in [2.75, 3.05) is 6.61 Å². The molecule has 168 valence electrons. The lowest BCUT2D eigenvalue weighted by Gasteiger charge is -2.60. The molecule has 0 aromatic carbocycles. The zero-order valence-corrected chi connectivity index (χ0v) is 19.7. The van der Waals surface area contributed by atoms with Crippen LogP contribution in [0.2, 0.25) is 0 Å². The van der Waals surface area contributed by atoms with Crippen LogP contribution >= 0.6 is 0 Å². The van der Waals surface area contributed by atoms with Crippen LogP contribution in [0.3, 0.4) is 0 Å². The molecule has 3 heteroatoms. The summed E-state index contributed by atoms with van der Waals surface area (Å²) in [6.45, 7) is 9.45. The van der Waals surface area contributed by atoms with Crippen LogP contribution in [0.4, 0.5) is 0 Å². The Bertz CT molecular complexity index is 709. The molecule has 3 nitrogen and oxygen atoms in total. The van der Waals surface area contributed by atoms with Gasteiger partial charge in [-0.05, 0) is 105 Å². The van der Waals surface area contributed by atoms with E-state index in [1.807, 2.05) is 6.92 Å². The molecule has 0 N–H and O–H groups in total. The summed E-state index contributed by atoms with van der Waals surface area (Å²) in [4.78, 5) is 25.6. The molecule has 4 saturated carbocycles. The standard InChI is InChI=1S/C27H42O3/c1-5-19-20-11-7-8-16-27(20,4)22-15-17-26(3)18(10-9-12-23(28)30-6-2)13-14-21(26)24(22)25(19)29/h5,18,20-22,24H,6-17H2,1-4H3/b19-5-/t18?,20?,21?,22?,24?,26-,27+/m1/s1. The van der Waals surface area contributed by atoms with Crippen LogP contribution in [0.15, 0.2) is 11.6 Å². The minimum absolute atomic E-state index is 0.0580. The van der Waals surface area contributed by atoms with Gasteiger partial charge in [-0.2, -0.15) is 0 Å². The smallest absolute Gasteiger partial charge is 0.305 e. The van der Waals surface area contributed by atoms with Crippen molar-refractivity contribution < 1.29 is 14.3 Å².